The quantitative estimate of drug-likeness (QED) is 0.516. The fraction of sp³-hybridized carbons (Fsp3) is 0.350. The van der Waals surface area contributed by atoms with E-state index >= 15 is 0 Å². The van der Waals surface area contributed by atoms with E-state index in [2.05, 4.69) is 33.5 Å². The molecule has 0 unspecified atom stereocenters. The van der Waals surface area contributed by atoms with Crippen molar-refractivity contribution in [2.24, 2.45) is 0 Å². The van der Waals surface area contributed by atoms with Crippen LogP contribution in [0.1, 0.15) is 32.6 Å². The average molecular weight is 405 g/mol. The van der Waals surface area contributed by atoms with Gasteiger partial charge in [-0.1, -0.05) is 48.2 Å². The molecule has 0 bridgehead atoms. The lowest BCUT2D eigenvalue weighted by Gasteiger charge is -2.10. The molecule has 0 saturated carbocycles. The van der Waals surface area contributed by atoms with Crippen molar-refractivity contribution in [1.29, 1.82) is 0 Å². The molecule has 0 atom stereocenters. The molecule has 2 N–H and O–H groups in total. The molecule has 2 rings (SSSR count). The van der Waals surface area contributed by atoms with Crippen molar-refractivity contribution in [1.82, 2.24) is 0 Å². The number of ether oxygens (including phenoxy) is 1. The molecule has 2 aromatic rings. The van der Waals surface area contributed by atoms with E-state index in [9.17, 15) is 4.79 Å². The summed E-state index contributed by atoms with van der Waals surface area (Å²) in [6, 6.07) is 15.2. The van der Waals surface area contributed by atoms with E-state index in [-0.39, 0.29) is 12.5 Å². The van der Waals surface area contributed by atoms with Gasteiger partial charge in [-0.3, -0.25) is 4.79 Å². The van der Waals surface area contributed by atoms with Crippen LogP contribution in [-0.2, 0) is 4.79 Å². The summed E-state index contributed by atoms with van der Waals surface area (Å²) in [6.45, 7) is 3.13. The zero-order valence-electron chi connectivity index (χ0n) is 14.6. The SMILES string of the molecule is CCCCCCOc1cccc(NCC(=O)Nc2ccc(Br)cc2)c1. The number of unbranched alkanes of at least 4 members (excludes halogenated alkanes) is 3. The van der Waals surface area contributed by atoms with E-state index in [4.69, 9.17) is 4.74 Å². The van der Waals surface area contributed by atoms with Crippen LogP contribution in [0.2, 0.25) is 0 Å². The zero-order valence-corrected chi connectivity index (χ0v) is 16.1. The standard InChI is InChI=1S/C20H25BrN2O2/c1-2-3-4-5-13-25-19-8-6-7-18(14-19)22-15-20(24)23-17-11-9-16(21)10-12-17/h6-12,14,22H,2-5,13,15H2,1H3,(H,23,24). The van der Waals surface area contributed by atoms with Gasteiger partial charge in [0.15, 0.2) is 0 Å². The summed E-state index contributed by atoms with van der Waals surface area (Å²) >= 11 is 3.37. The molecule has 0 saturated heterocycles. The van der Waals surface area contributed by atoms with Crippen LogP contribution in [0.5, 0.6) is 5.75 Å². The van der Waals surface area contributed by atoms with Gasteiger partial charge in [-0.25, -0.2) is 0 Å². The Labute approximate surface area is 158 Å². The molecule has 0 heterocycles. The number of halogens is 1. The Kier molecular flexibility index (Phi) is 8.32. The molecule has 0 aliphatic carbocycles. The minimum absolute atomic E-state index is 0.0896. The van der Waals surface area contributed by atoms with Crippen molar-refractivity contribution in [2.45, 2.75) is 32.6 Å². The Morgan fingerprint density at radius 2 is 1.84 bits per heavy atom. The van der Waals surface area contributed by atoms with E-state index in [0.717, 1.165) is 34.6 Å². The highest BCUT2D eigenvalue weighted by Crippen LogP contribution is 2.18. The molecule has 1 amide bonds. The van der Waals surface area contributed by atoms with Gasteiger partial charge >= 0.3 is 0 Å². The van der Waals surface area contributed by atoms with E-state index < -0.39 is 0 Å². The van der Waals surface area contributed by atoms with E-state index in [1.807, 2.05) is 48.5 Å². The molecule has 0 aliphatic heterocycles. The molecule has 0 fully saturated rings. The topological polar surface area (TPSA) is 50.4 Å². The third-order valence-electron chi connectivity index (χ3n) is 3.68. The van der Waals surface area contributed by atoms with E-state index in [0.29, 0.717) is 0 Å². The molecule has 0 aliphatic rings. The van der Waals surface area contributed by atoms with Crippen molar-refractivity contribution in [3.63, 3.8) is 0 Å². The second-order valence-electron chi connectivity index (χ2n) is 5.85. The largest absolute Gasteiger partial charge is 0.494 e. The number of benzene rings is 2. The monoisotopic (exact) mass is 404 g/mol. The minimum Gasteiger partial charge on any atom is -0.494 e. The number of nitrogens with one attached hydrogen (secondary N) is 2. The fourth-order valence-corrected chi connectivity index (χ4v) is 2.60. The van der Waals surface area contributed by atoms with Crippen LogP contribution in [0.3, 0.4) is 0 Å². The predicted octanol–water partition coefficient (Wildman–Crippen LogP) is 5.46. The normalized spacial score (nSPS) is 10.3. The van der Waals surface area contributed by atoms with Crippen molar-refractivity contribution in [3.8, 4) is 5.75 Å². The third-order valence-corrected chi connectivity index (χ3v) is 4.21. The number of hydrogen-bond donors (Lipinski definition) is 2. The minimum atomic E-state index is -0.0896. The van der Waals surface area contributed by atoms with Gasteiger partial charge in [-0.15, -0.1) is 0 Å². The van der Waals surface area contributed by atoms with Crippen molar-refractivity contribution >= 4 is 33.2 Å². The molecule has 134 valence electrons. The maximum Gasteiger partial charge on any atom is 0.243 e. The molecular formula is C20H25BrN2O2. The number of carbonyl (C=O) groups excluding carboxylic acids is 1. The van der Waals surface area contributed by atoms with Crippen molar-refractivity contribution < 1.29 is 9.53 Å². The van der Waals surface area contributed by atoms with Crippen LogP contribution in [0, 0.1) is 0 Å². The van der Waals surface area contributed by atoms with Crippen LogP contribution >= 0.6 is 15.9 Å². The molecule has 0 aromatic heterocycles. The van der Waals surface area contributed by atoms with Crippen LogP contribution in [0.25, 0.3) is 0 Å². The number of rotatable bonds is 10. The maximum absolute atomic E-state index is 12.0. The highest BCUT2D eigenvalue weighted by atomic mass is 79.9. The lowest BCUT2D eigenvalue weighted by Crippen LogP contribution is -2.21. The Hall–Kier alpha value is -2.01. The Morgan fingerprint density at radius 3 is 2.60 bits per heavy atom. The summed E-state index contributed by atoms with van der Waals surface area (Å²) in [5.74, 6) is 0.739. The first-order valence-electron chi connectivity index (χ1n) is 8.69. The van der Waals surface area contributed by atoms with Crippen molar-refractivity contribution in [3.05, 3.63) is 53.0 Å². The third kappa shape index (κ3) is 7.61. The lowest BCUT2D eigenvalue weighted by molar-refractivity contribution is -0.114. The summed E-state index contributed by atoms with van der Waals surface area (Å²) in [6.07, 6.45) is 4.74. The molecule has 25 heavy (non-hydrogen) atoms. The molecular weight excluding hydrogens is 380 g/mol. The molecule has 0 radical (unpaired) electrons. The summed E-state index contributed by atoms with van der Waals surface area (Å²) in [5.41, 5.74) is 1.65. The number of anilines is 2. The second kappa shape index (κ2) is 10.8. The van der Waals surface area contributed by atoms with Gasteiger partial charge in [-0.05, 0) is 42.8 Å². The molecule has 2 aromatic carbocycles. The number of hydrogen-bond acceptors (Lipinski definition) is 3. The maximum atomic E-state index is 12.0. The van der Waals surface area contributed by atoms with Gasteiger partial charge in [0.25, 0.3) is 0 Å². The summed E-state index contributed by atoms with van der Waals surface area (Å²) in [4.78, 5) is 12.0. The van der Waals surface area contributed by atoms with Crippen LogP contribution < -0.4 is 15.4 Å². The van der Waals surface area contributed by atoms with Gasteiger partial charge in [-0.2, -0.15) is 0 Å². The van der Waals surface area contributed by atoms with Gasteiger partial charge < -0.3 is 15.4 Å². The highest BCUT2D eigenvalue weighted by Gasteiger charge is 2.03. The number of carbonyl (C=O) groups is 1. The van der Waals surface area contributed by atoms with Gasteiger partial charge in [0.1, 0.15) is 5.75 Å². The lowest BCUT2D eigenvalue weighted by atomic mass is 10.2. The van der Waals surface area contributed by atoms with Gasteiger partial charge in [0, 0.05) is 21.9 Å². The summed E-state index contributed by atoms with van der Waals surface area (Å²) in [5, 5.41) is 5.98. The molecule has 4 nitrogen and oxygen atoms in total. The fourth-order valence-electron chi connectivity index (χ4n) is 2.34. The summed E-state index contributed by atoms with van der Waals surface area (Å²) < 4.78 is 6.74. The second-order valence-corrected chi connectivity index (χ2v) is 6.76. The summed E-state index contributed by atoms with van der Waals surface area (Å²) in [7, 11) is 0. The van der Waals surface area contributed by atoms with E-state index in [1.54, 1.807) is 0 Å². The zero-order chi connectivity index (χ0) is 17.9. The predicted molar refractivity (Wildman–Crippen MR) is 107 cm³/mol. The van der Waals surface area contributed by atoms with E-state index in [1.165, 1.54) is 19.3 Å². The highest BCUT2D eigenvalue weighted by molar-refractivity contribution is 9.10. The first-order valence-corrected chi connectivity index (χ1v) is 9.49. The number of amides is 1. The van der Waals surface area contributed by atoms with Gasteiger partial charge in [0.05, 0.1) is 13.2 Å². The van der Waals surface area contributed by atoms with Gasteiger partial charge in [0.2, 0.25) is 5.91 Å². The first-order chi connectivity index (χ1) is 12.2. The van der Waals surface area contributed by atoms with Crippen molar-refractivity contribution in [2.75, 3.05) is 23.8 Å². The molecule has 5 heteroatoms. The van der Waals surface area contributed by atoms with Crippen LogP contribution in [0.4, 0.5) is 11.4 Å². The smallest absolute Gasteiger partial charge is 0.243 e. The average Bonchev–Trinajstić information content (AvgIpc) is 2.62. The Morgan fingerprint density at radius 1 is 1.04 bits per heavy atom. The Balaban J connectivity index is 1.75. The van der Waals surface area contributed by atoms with Crippen LogP contribution in [-0.4, -0.2) is 19.1 Å². The Bertz CT molecular complexity index is 659. The first kappa shape index (κ1) is 19.3. The van der Waals surface area contributed by atoms with Crippen LogP contribution in [0.15, 0.2) is 53.0 Å². The molecule has 0 spiro atoms.